The van der Waals surface area contributed by atoms with Gasteiger partial charge in [-0.3, -0.25) is 0 Å². The van der Waals surface area contributed by atoms with Crippen molar-refractivity contribution < 1.29 is 19.4 Å². The number of amides is 1. The van der Waals surface area contributed by atoms with Gasteiger partial charge >= 0.3 is 12.1 Å². The van der Waals surface area contributed by atoms with Crippen LogP contribution in [0.5, 0.6) is 0 Å². The number of nitrogens with one attached hydrogen (secondary N) is 1. The normalized spacial score (nSPS) is 14.3. The molecule has 0 bridgehead atoms. The lowest BCUT2D eigenvalue weighted by molar-refractivity contribution is -0.143. The molecule has 1 aliphatic rings. The molecular weight excluding hydrogens is 390 g/mol. The molecule has 1 unspecified atom stereocenters. The van der Waals surface area contributed by atoms with E-state index in [1.807, 2.05) is 67.6 Å². The average molecular weight is 415 g/mol. The van der Waals surface area contributed by atoms with E-state index in [1.54, 1.807) is 0 Å². The molecule has 1 amide bonds. The third kappa shape index (κ3) is 4.17. The first kappa shape index (κ1) is 20.7. The number of aliphatic carboxylic acids is 1. The lowest BCUT2D eigenvalue weighted by Gasteiger charge is -2.26. The SMILES string of the molecule is Cc1ccc(CC(C)(NC(=O)OCC2c3ccccc3-c3ccccc32)C(=O)O)cc1. The number of alkyl carbamates (subject to hydrolysis) is 1. The maximum atomic E-state index is 12.6. The highest BCUT2D eigenvalue weighted by atomic mass is 16.5. The largest absolute Gasteiger partial charge is 0.480 e. The van der Waals surface area contributed by atoms with E-state index in [-0.39, 0.29) is 18.9 Å². The zero-order valence-corrected chi connectivity index (χ0v) is 17.6. The number of carboxylic acid groups (broad SMARTS) is 1. The quantitative estimate of drug-likeness (QED) is 0.599. The molecule has 3 aromatic carbocycles. The Labute approximate surface area is 181 Å². The molecule has 158 valence electrons. The van der Waals surface area contributed by atoms with Crippen molar-refractivity contribution in [3.63, 3.8) is 0 Å². The summed E-state index contributed by atoms with van der Waals surface area (Å²) in [6.07, 6.45) is -0.578. The number of carbonyl (C=O) groups is 2. The molecule has 0 saturated carbocycles. The Morgan fingerprint density at radius 1 is 0.935 bits per heavy atom. The number of ether oxygens (including phenoxy) is 1. The molecule has 1 atom stereocenters. The van der Waals surface area contributed by atoms with E-state index in [4.69, 9.17) is 4.74 Å². The first-order valence-corrected chi connectivity index (χ1v) is 10.3. The minimum atomic E-state index is -1.47. The van der Waals surface area contributed by atoms with Crippen molar-refractivity contribution in [3.05, 3.63) is 95.1 Å². The second-order valence-corrected chi connectivity index (χ2v) is 8.25. The Morgan fingerprint density at radius 2 is 1.48 bits per heavy atom. The van der Waals surface area contributed by atoms with E-state index in [9.17, 15) is 14.7 Å². The van der Waals surface area contributed by atoms with Gasteiger partial charge in [0.05, 0.1) is 0 Å². The lowest BCUT2D eigenvalue weighted by Crippen LogP contribution is -2.54. The summed E-state index contributed by atoms with van der Waals surface area (Å²) in [5, 5.41) is 12.3. The Kier molecular flexibility index (Phi) is 5.51. The summed E-state index contributed by atoms with van der Waals surface area (Å²) >= 11 is 0. The Morgan fingerprint density at radius 3 is 2.03 bits per heavy atom. The van der Waals surface area contributed by atoms with Crippen LogP contribution in [-0.4, -0.2) is 29.3 Å². The van der Waals surface area contributed by atoms with Crippen LogP contribution >= 0.6 is 0 Å². The molecule has 0 fully saturated rings. The molecule has 0 saturated heterocycles. The molecule has 31 heavy (non-hydrogen) atoms. The van der Waals surface area contributed by atoms with Crippen molar-refractivity contribution in [1.82, 2.24) is 5.32 Å². The van der Waals surface area contributed by atoms with Crippen molar-refractivity contribution in [2.24, 2.45) is 0 Å². The number of benzene rings is 3. The number of aryl methyl sites for hydroxylation is 1. The van der Waals surface area contributed by atoms with Gasteiger partial charge in [-0.15, -0.1) is 0 Å². The topological polar surface area (TPSA) is 75.6 Å². The highest BCUT2D eigenvalue weighted by Crippen LogP contribution is 2.44. The first-order valence-electron chi connectivity index (χ1n) is 10.3. The average Bonchev–Trinajstić information content (AvgIpc) is 3.08. The molecule has 0 aromatic heterocycles. The number of hydrogen-bond acceptors (Lipinski definition) is 3. The van der Waals surface area contributed by atoms with Crippen molar-refractivity contribution in [3.8, 4) is 11.1 Å². The lowest BCUT2D eigenvalue weighted by atomic mass is 9.92. The zero-order valence-electron chi connectivity index (χ0n) is 17.6. The number of hydrogen-bond donors (Lipinski definition) is 2. The third-order valence-electron chi connectivity index (χ3n) is 5.87. The van der Waals surface area contributed by atoms with Crippen LogP contribution in [0.3, 0.4) is 0 Å². The maximum Gasteiger partial charge on any atom is 0.408 e. The predicted molar refractivity (Wildman–Crippen MR) is 119 cm³/mol. The molecule has 2 N–H and O–H groups in total. The third-order valence-corrected chi connectivity index (χ3v) is 5.87. The summed E-state index contributed by atoms with van der Waals surface area (Å²) in [6, 6.07) is 23.7. The molecule has 0 radical (unpaired) electrons. The van der Waals surface area contributed by atoms with Gasteiger partial charge in [0.2, 0.25) is 0 Å². The monoisotopic (exact) mass is 415 g/mol. The summed E-state index contributed by atoms with van der Waals surface area (Å²) in [5.74, 6) is -1.19. The van der Waals surface area contributed by atoms with Crippen LogP contribution in [0.1, 0.15) is 35.1 Å². The Balaban J connectivity index is 1.47. The molecule has 3 aromatic rings. The predicted octanol–water partition coefficient (Wildman–Crippen LogP) is 4.92. The Hall–Kier alpha value is -3.60. The minimum Gasteiger partial charge on any atom is -0.480 e. The van der Waals surface area contributed by atoms with Crippen LogP contribution in [0, 0.1) is 6.92 Å². The maximum absolute atomic E-state index is 12.6. The molecule has 0 heterocycles. The first-order chi connectivity index (χ1) is 14.9. The zero-order chi connectivity index (χ0) is 22.0. The molecule has 5 nitrogen and oxygen atoms in total. The molecule has 0 spiro atoms. The molecule has 5 heteroatoms. The van der Waals surface area contributed by atoms with Gasteiger partial charge in [-0.1, -0.05) is 78.4 Å². The van der Waals surface area contributed by atoms with Gasteiger partial charge in [-0.05, 0) is 41.7 Å². The van der Waals surface area contributed by atoms with E-state index >= 15 is 0 Å². The van der Waals surface area contributed by atoms with Crippen LogP contribution < -0.4 is 5.32 Å². The van der Waals surface area contributed by atoms with Gasteiger partial charge in [0.1, 0.15) is 12.1 Å². The van der Waals surface area contributed by atoms with Crippen molar-refractivity contribution in [2.75, 3.05) is 6.61 Å². The second-order valence-electron chi connectivity index (χ2n) is 8.25. The summed E-state index contributed by atoms with van der Waals surface area (Å²) < 4.78 is 5.53. The van der Waals surface area contributed by atoms with E-state index in [1.165, 1.54) is 6.92 Å². The van der Waals surface area contributed by atoms with Gasteiger partial charge in [-0.2, -0.15) is 0 Å². The number of fused-ring (bicyclic) bond motifs is 3. The van der Waals surface area contributed by atoms with Crippen molar-refractivity contribution in [2.45, 2.75) is 31.7 Å². The molecule has 0 aliphatic heterocycles. The van der Waals surface area contributed by atoms with Gasteiger partial charge < -0.3 is 15.2 Å². The van der Waals surface area contributed by atoms with Gasteiger partial charge in [0.25, 0.3) is 0 Å². The van der Waals surface area contributed by atoms with Gasteiger partial charge in [0, 0.05) is 12.3 Å². The number of carboxylic acids is 1. The van der Waals surface area contributed by atoms with E-state index in [2.05, 4.69) is 17.4 Å². The van der Waals surface area contributed by atoms with Crippen molar-refractivity contribution in [1.29, 1.82) is 0 Å². The van der Waals surface area contributed by atoms with Crippen molar-refractivity contribution >= 4 is 12.1 Å². The fourth-order valence-corrected chi connectivity index (χ4v) is 4.15. The summed E-state index contributed by atoms with van der Waals surface area (Å²) in [7, 11) is 0. The van der Waals surface area contributed by atoms with E-state index in [0.29, 0.717) is 0 Å². The molecule has 1 aliphatic carbocycles. The van der Waals surface area contributed by atoms with E-state index in [0.717, 1.165) is 33.4 Å². The number of carbonyl (C=O) groups excluding carboxylic acids is 1. The Bertz CT molecular complexity index is 1080. The summed E-state index contributed by atoms with van der Waals surface area (Å²) in [6.45, 7) is 3.60. The van der Waals surface area contributed by atoms with Crippen LogP contribution in [0.15, 0.2) is 72.8 Å². The van der Waals surface area contributed by atoms with Crippen LogP contribution in [0.25, 0.3) is 11.1 Å². The molecular formula is C26H25NO4. The summed E-state index contributed by atoms with van der Waals surface area (Å²) in [4.78, 5) is 24.5. The summed E-state index contributed by atoms with van der Waals surface area (Å²) in [5.41, 5.74) is 4.94. The van der Waals surface area contributed by atoms with Crippen LogP contribution in [0.4, 0.5) is 4.79 Å². The highest BCUT2D eigenvalue weighted by Gasteiger charge is 2.36. The smallest absolute Gasteiger partial charge is 0.408 e. The van der Waals surface area contributed by atoms with Gasteiger partial charge in [-0.25, -0.2) is 9.59 Å². The standard InChI is InChI=1S/C26H25NO4/c1-17-11-13-18(14-12-17)15-26(2,24(28)29)27-25(30)31-16-23-21-9-5-3-7-19(21)20-8-4-6-10-22(20)23/h3-14,23H,15-16H2,1-2H3,(H,27,30)(H,28,29). The van der Waals surface area contributed by atoms with Gasteiger partial charge in [0.15, 0.2) is 0 Å². The fraction of sp³-hybridized carbons (Fsp3) is 0.231. The minimum absolute atomic E-state index is 0.0775. The van der Waals surface area contributed by atoms with Crippen LogP contribution in [-0.2, 0) is 16.0 Å². The van der Waals surface area contributed by atoms with E-state index < -0.39 is 17.6 Å². The second kappa shape index (κ2) is 8.26. The highest BCUT2D eigenvalue weighted by molar-refractivity contribution is 5.84. The van der Waals surface area contributed by atoms with Crippen LogP contribution in [0.2, 0.25) is 0 Å². The number of rotatable bonds is 6. The molecule has 4 rings (SSSR count). The fourth-order valence-electron chi connectivity index (χ4n) is 4.15.